The van der Waals surface area contributed by atoms with E-state index in [2.05, 4.69) is 20.6 Å². The lowest BCUT2D eigenvalue weighted by Crippen LogP contribution is -2.43. The van der Waals surface area contributed by atoms with Gasteiger partial charge in [0.1, 0.15) is 11.6 Å². The van der Waals surface area contributed by atoms with Gasteiger partial charge in [0.15, 0.2) is 5.96 Å². The Balaban J connectivity index is 0.00000364. The molecule has 1 atom stereocenters. The Morgan fingerprint density at radius 2 is 2.11 bits per heavy atom. The average molecular weight is 488 g/mol. The summed E-state index contributed by atoms with van der Waals surface area (Å²) in [6, 6.07) is 9.78. The summed E-state index contributed by atoms with van der Waals surface area (Å²) in [6.07, 6.45) is 1.63. The van der Waals surface area contributed by atoms with E-state index in [0.717, 1.165) is 12.1 Å². The van der Waals surface area contributed by atoms with Crippen LogP contribution in [0.4, 0.5) is 4.39 Å². The molecule has 6 nitrogen and oxygen atoms in total. The first-order valence-corrected chi connectivity index (χ1v) is 8.53. The zero-order valence-corrected chi connectivity index (χ0v) is 18.1. The van der Waals surface area contributed by atoms with Crippen molar-refractivity contribution in [1.82, 2.24) is 15.6 Å². The number of aliphatic imine (C=N–C) groups is 1. The Morgan fingerprint density at radius 1 is 1.30 bits per heavy atom. The second kappa shape index (κ2) is 12.4. The Kier molecular flexibility index (Phi) is 10.6. The van der Waals surface area contributed by atoms with Crippen molar-refractivity contribution in [3.63, 3.8) is 0 Å². The molecule has 0 aliphatic carbocycles. The van der Waals surface area contributed by atoms with E-state index in [-0.39, 0.29) is 35.8 Å². The zero-order chi connectivity index (χ0) is 18.8. The Labute approximate surface area is 176 Å². The summed E-state index contributed by atoms with van der Waals surface area (Å²) in [5.41, 5.74) is 0.799. The molecule has 0 bridgehead atoms. The molecule has 148 valence electrons. The second-order valence-corrected chi connectivity index (χ2v) is 5.72. The number of benzene rings is 1. The topological polar surface area (TPSA) is 67.8 Å². The number of ether oxygens (including phenoxy) is 2. The molecule has 0 fully saturated rings. The van der Waals surface area contributed by atoms with Crippen molar-refractivity contribution in [2.75, 3.05) is 20.3 Å². The van der Waals surface area contributed by atoms with Crippen LogP contribution in [0.3, 0.4) is 0 Å². The largest absolute Gasteiger partial charge is 0.439 e. The van der Waals surface area contributed by atoms with Gasteiger partial charge in [-0.2, -0.15) is 0 Å². The van der Waals surface area contributed by atoms with E-state index in [9.17, 15) is 4.39 Å². The molecule has 0 aliphatic rings. The summed E-state index contributed by atoms with van der Waals surface area (Å²) in [7, 11) is 1.66. The molecule has 0 saturated heterocycles. The molecule has 2 rings (SSSR count). The van der Waals surface area contributed by atoms with Crippen LogP contribution in [0, 0.1) is 5.82 Å². The number of hydrogen-bond acceptors (Lipinski definition) is 4. The van der Waals surface area contributed by atoms with Crippen LogP contribution in [-0.2, 0) is 11.3 Å². The first-order chi connectivity index (χ1) is 12.6. The molecule has 27 heavy (non-hydrogen) atoms. The SMILES string of the molecule is CCNC(=NCc1cccnc1Oc1cccc(F)c1)NC(C)COC.I. The smallest absolute Gasteiger partial charge is 0.224 e. The third-order valence-electron chi connectivity index (χ3n) is 3.41. The minimum atomic E-state index is -0.358. The highest BCUT2D eigenvalue weighted by atomic mass is 127. The van der Waals surface area contributed by atoms with Crippen LogP contribution in [0.25, 0.3) is 0 Å². The molecule has 0 amide bonds. The van der Waals surface area contributed by atoms with Gasteiger partial charge < -0.3 is 20.1 Å². The molecular weight excluding hydrogens is 462 g/mol. The number of nitrogens with one attached hydrogen (secondary N) is 2. The second-order valence-electron chi connectivity index (χ2n) is 5.72. The fraction of sp³-hybridized carbons (Fsp3) is 0.368. The molecular formula is C19H26FIN4O2. The van der Waals surface area contributed by atoms with E-state index in [0.29, 0.717) is 30.7 Å². The summed E-state index contributed by atoms with van der Waals surface area (Å²) in [6.45, 7) is 5.70. The molecule has 1 unspecified atom stereocenters. The van der Waals surface area contributed by atoms with E-state index in [4.69, 9.17) is 9.47 Å². The number of guanidine groups is 1. The maximum Gasteiger partial charge on any atom is 0.224 e. The van der Waals surface area contributed by atoms with Gasteiger partial charge in [0.05, 0.1) is 13.2 Å². The molecule has 2 N–H and O–H groups in total. The summed E-state index contributed by atoms with van der Waals surface area (Å²) in [4.78, 5) is 8.81. The Bertz CT molecular complexity index is 730. The fourth-order valence-corrected chi connectivity index (χ4v) is 2.29. The van der Waals surface area contributed by atoms with Crippen LogP contribution in [0.5, 0.6) is 11.6 Å². The van der Waals surface area contributed by atoms with Crippen LogP contribution in [-0.4, -0.2) is 37.2 Å². The summed E-state index contributed by atoms with van der Waals surface area (Å²) in [5, 5.41) is 6.46. The third kappa shape index (κ3) is 8.08. The molecule has 0 radical (unpaired) electrons. The van der Waals surface area contributed by atoms with Crippen molar-refractivity contribution in [2.24, 2.45) is 4.99 Å². The van der Waals surface area contributed by atoms with Gasteiger partial charge in [0.25, 0.3) is 0 Å². The average Bonchev–Trinajstić information content (AvgIpc) is 2.61. The quantitative estimate of drug-likeness (QED) is 0.337. The molecule has 1 aromatic heterocycles. The van der Waals surface area contributed by atoms with Crippen LogP contribution >= 0.6 is 24.0 Å². The normalized spacial score (nSPS) is 12.1. The lowest BCUT2D eigenvalue weighted by atomic mass is 10.2. The summed E-state index contributed by atoms with van der Waals surface area (Å²) >= 11 is 0. The van der Waals surface area contributed by atoms with Gasteiger partial charge in [0, 0.05) is 37.5 Å². The van der Waals surface area contributed by atoms with Crippen molar-refractivity contribution >= 4 is 29.9 Å². The molecule has 1 heterocycles. The zero-order valence-electron chi connectivity index (χ0n) is 15.7. The molecule has 2 aromatic rings. The van der Waals surface area contributed by atoms with Gasteiger partial charge in [-0.25, -0.2) is 14.4 Å². The molecule has 0 saturated carbocycles. The van der Waals surface area contributed by atoms with E-state index in [1.165, 1.54) is 12.1 Å². The van der Waals surface area contributed by atoms with E-state index < -0.39 is 0 Å². The lowest BCUT2D eigenvalue weighted by Gasteiger charge is -2.17. The minimum absolute atomic E-state index is 0. The predicted octanol–water partition coefficient (Wildman–Crippen LogP) is 3.72. The van der Waals surface area contributed by atoms with Gasteiger partial charge in [-0.15, -0.1) is 24.0 Å². The van der Waals surface area contributed by atoms with Gasteiger partial charge in [-0.05, 0) is 32.0 Å². The van der Waals surface area contributed by atoms with Crippen molar-refractivity contribution < 1.29 is 13.9 Å². The van der Waals surface area contributed by atoms with E-state index >= 15 is 0 Å². The Hall–Kier alpha value is -1.94. The molecule has 1 aromatic carbocycles. The van der Waals surface area contributed by atoms with Crippen molar-refractivity contribution in [3.8, 4) is 11.6 Å². The van der Waals surface area contributed by atoms with E-state index in [1.807, 2.05) is 26.0 Å². The van der Waals surface area contributed by atoms with Crippen molar-refractivity contribution in [2.45, 2.75) is 26.4 Å². The number of hydrogen-bond donors (Lipinski definition) is 2. The number of rotatable bonds is 8. The third-order valence-corrected chi connectivity index (χ3v) is 3.41. The first-order valence-electron chi connectivity index (χ1n) is 8.53. The standard InChI is InChI=1S/C19H25FN4O2.HI/c1-4-21-19(24-14(2)13-25-3)23-12-15-7-6-10-22-18(15)26-17-9-5-8-16(20)11-17;/h5-11,14H,4,12-13H2,1-3H3,(H2,21,23,24);1H. The van der Waals surface area contributed by atoms with Gasteiger partial charge in [-0.1, -0.05) is 12.1 Å². The van der Waals surface area contributed by atoms with Crippen LogP contribution in [0.1, 0.15) is 19.4 Å². The highest BCUT2D eigenvalue weighted by Gasteiger charge is 2.08. The van der Waals surface area contributed by atoms with Gasteiger partial charge in [-0.3, -0.25) is 0 Å². The highest BCUT2D eigenvalue weighted by molar-refractivity contribution is 14.0. The number of halogens is 2. The van der Waals surface area contributed by atoms with E-state index in [1.54, 1.807) is 25.4 Å². The summed E-state index contributed by atoms with van der Waals surface area (Å²) in [5.74, 6) is 1.12. The lowest BCUT2D eigenvalue weighted by molar-refractivity contribution is 0.179. The number of aromatic nitrogens is 1. The van der Waals surface area contributed by atoms with Gasteiger partial charge >= 0.3 is 0 Å². The highest BCUT2D eigenvalue weighted by Crippen LogP contribution is 2.23. The molecule has 0 aliphatic heterocycles. The first kappa shape index (κ1) is 23.1. The summed E-state index contributed by atoms with van der Waals surface area (Å²) < 4.78 is 24.2. The number of pyridine rings is 1. The van der Waals surface area contributed by atoms with Crippen molar-refractivity contribution in [1.29, 1.82) is 0 Å². The fourth-order valence-electron chi connectivity index (χ4n) is 2.29. The van der Waals surface area contributed by atoms with Crippen LogP contribution < -0.4 is 15.4 Å². The van der Waals surface area contributed by atoms with Gasteiger partial charge in [0.2, 0.25) is 5.88 Å². The molecule has 0 spiro atoms. The van der Waals surface area contributed by atoms with Crippen LogP contribution in [0.15, 0.2) is 47.6 Å². The predicted molar refractivity (Wildman–Crippen MR) is 115 cm³/mol. The number of methoxy groups -OCH3 is 1. The number of nitrogens with zero attached hydrogens (tertiary/aromatic N) is 2. The molecule has 8 heteroatoms. The maximum atomic E-state index is 13.3. The van der Waals surface area contributed by atoms with Crippen LogP contribution in [0.2, 0.25) is 0 Å². The monoisotopic (exact) mass is 488 g/mol. The maximum absolute atomic E-state index is 13.3. The Morgan fingerprint density at radius 3 is 2.81 bits per heavy atom. The minimum Gasteiger partial charge on any atom is -0.439 e. The van der Waals surface area contributed by atoms with Crippen molar-refractivity contribution in [3.05, 3.63) is 54.0 Å².